The molecular formula is C17H26N2O2. The van der Waals surface area contributed by atoms with Crippen molar-refractivity contribution in [2.45, 2.75) is 58.8 Å². The van der Waals surface area contributed by atoms with Gasteiger partial charge in [-0.05, 0) is 25.3 Å². The van der Waals surface area contributed by atoms with E-state index in [1.165, 1.54) is 44.1 Å². The molecule has 116 valence electrons. The number of hydrogen-bond donors (Lipinski definition) is 2. The lowest BCUT2D eigenvalue weighted by Gasteiger charge is -2.05. The van der Waals surface area contributed by atoms with Crippen LogP contribution in [0.4, 0.5) is 0 Å². The molecular weight excluding hydrogens is 264 g/mol. The maximum absolute atomic E-state index is 8.99. The summed E-state index contributed by atoms with van der Waals surface area (Å²) in [4.78, 5) is 0. The Labute approximate surface area is 127 Å². The van der Waals surface area contributed by atoms with Crippen molar-refractivity contribution in [2.75, 3.05) is 0 Å². The predicted octanol–water partition coefficient (Wildman–Crippen LogP) is 4.62. The third-order valence-corrected chi connectivity index (χ3v) is 3.64. The van der Waals surface area contributed by atoms with Gasteiger partial charge in [0.25, 0.3) is 0 Å². The van der Waals surface area contributed by atoms with Gasteiger partial charge in [0.1, 0.15) is 11.4 Å². The summed E-state index contributed by atoms with van der Waals surface area (Å²) in [6.45, 7) is 3.83. The topological polar surface area (TPSA) is 65.2 Å². The maximum Gasteiger partial charge on any atom is 0.134 e. The maximum atomic E-state index is 8.99. The van der Waals surface area contributed by atoms with Crippen LogP contribution in [0.3, 0.4) is 0 Å². The zero-order valence-corrected chi connectivity index (χ0v) is 13.0. The van der Waals surface area contributed by atoms with Crippen molar-refractivity contribution in [1.29, 1.82) is 0 Å². The van der Waals surface area contributed by atoms with Crippen LogP contribution in [0.2, 0.25) is 0 Å². The molecule has 1 rings (SSSR count). The van der Waals surface area contributed by atoms with Crippen LogP contribution in [0, 0.1) is 0 Å². The number of aryl methyl sites for hydroxylation is 1. The number of unbranched alkanes of at least 4 members (excludes halogenated alkanes) is 5. The van der Waals surface area contributed by atoms with E-state index in [1.54, 1.807) is 6.92 Å². The van der Waals surface area contributed by atoms with Crippen molar-refractivity contribution < 1.29 is 10.4 Å². The van der Waals surface area contributed by atoms with E-state index < -0.39 is 0 Å². The fourth-order valence-electron chi connectivity index (χ4n) is 2.33. The molecule has 0 atom stereocenters. The zero-order chi connectivity index (χ0) is 15.5. The molecule has 0 aromatic heterocycles. The highest BCUT2D eigenvalue weighted by Crippen LogP contribution is 2.12. The molecule has 0 fully saturated rings. The molecule has 0 amide bonds. The molecule has 1 aromatic rings. The third-order valence-electron chi connectivity index (χ3n) is 3.64. The van der Waals surface area contributed by atoms with Crippen LogP contribution < -0.4 is 0 Å². The average Bonchev–Trinajstić information content (AvgIpc) is 2.52. The van der Waals surface area contributed by atoms with Gasteiger partial charge in [-0.3, -0.25) is 0 Å². The highest BCUT2D eigenvalue weighted by atomic mass is 16.4. The second-order valence-corrected chi connectivity index (χ2v) is 5.35. The lowest BCUT2D eigenvalue weighted by Crippen LogP contribution is -2.12. The van der Waals surface area contributed by atoms with Gasteiger partial charge in [-0.15, -0.1) is 0 Å². The highest BCUT2D eigenvalue weighted by Gasteiger charge is 2.08. The summed E-state index contributed by atoms with van der Waals surface area (Å²) in [7, 11) is 0. The standard InChI is InChI=1S/C17H26N2O2/c1-3-4-5-6-7-8-9-15-10-12-16(13-11-15)17(19-21)14(2)18-20/h10-13,20-21H,3-9H2,1-2H3. The lowest BCUT2D eigenvalue weighted by molar-refractivity contribution is 0.314. The van der Waals surface area contributed by atoms with Gasteiger partial charge in [0, 0.05) is 5.56 Å². The summed E-state index contributed by atoms with van der Waals surface area (Å²) in [6, 6.07) is 7.88. The minimum absolute atomic E-state index is 0.293. The molecule has 4 nitrogen and oxygen atoms in total. The van der Waals surface area contributed by atoms with E-state index in [1.807, 2.05) is 24.3 Å². The van der Waals surface area contributed by atoms with Crippen LogP contribution in [-0.2, 0) is 6.42 Å². The first-order chi connectivity index (χ1) is 10.2. The van der Waals surface area contributed by atoms with Crippen LogP contribution in [0.5, 0.6) is 0 Å². The summed E-state index contributed by atoms with van der Waals surface area (Å²) in [5.74, 6) is 0. The first-order valence-electron chi connectivity index (χ1n) is 7.73. The molecule has 0 unspecified atom stereocenters. The second kappa shape index (κ2) is 9.97. The molecule has 0 aliphatic rings. The fraction of sp³-hybridized carbons (Fsp3) is 0.529. The Hall–Kier alpha value is -1.84. The van der Waals surface area contributed by atoms with Crippen molar-refractivity contribution in [1.82, 2.24) is 0 Å². The molecule has 0 heterocycles. The van der Waals surface area contributed by atoms with Crippen molar-refractivity contribution in [2.24, 2.45) is 10.3 Å². The Morgan fingerprint density at radius 1 is 0.905 bits per heavy atom. The van der Waals surface area contributed by atoms with Crippen molar-refractivity contribution in [3.8, 4) is 0 Å². The van der Waals surface area contributed by atoms with Gasteiger partial charge in [0.15, 0.2) is 0 Å². The number of nitrogens with zero attached hydrogens (tertiary/aromatic N) is 2. The van der Waals surface area contributed by atoms with Gasteiger partial charge in [-0.2, -0.15) is 0 Å². The average molecular weight is 290 g/mol. The number of rotatable bonds is 9. The van der Waals surface area contributed by atoms with Gasteiger partial charge < -0.3 is 10.4 Å². The molecule has 4 heteroatoms. The first-order valence-corrected chi connectivity index (χ1v) is 7.73. The van der Waals surface area contributed by atoms with Gasteiger partial charge in [0.05, 0.1) is 0 Å². The van der Waals surface area contributed by atoms with Gasteiger partial charge in [0.2, 0.25) is 0 Å². The van der Waals surface area contributed by atoms with Crippen LogP contribution >= 0.6 is 0 Å². The minimum atomic E-state index is 0.293. The highest BCUT2D eigenvalue weighted by molar-refractivity contribution is 6.47. The van der Waals surface area contributed by atoms with E-state index in [9.17, 15) is 0 Å². The number of hydrogen-bond acceptors (Lipinski definition) is 4. The normalized spacial score (nSPS) is 12.7. The molecule has 0 saturated carbocycles. The monoisotopic (exact) mass is 290 g/mol. The largest absolute Gasteiger partial charge is 0.411 e. The van der Waals surface area contributed by atoms with E-state index in [2.05, 4.69) is 17.2 Å². The second-order valence-electron chi connectivity index (χ2n) is 5.35. The molecule has 21 heavy (non-hydrogen) atoms. The minimum Gasteiger partial charge on any atom is -0.411 e. The summed E-state index contributed by atoms with van der Waals surface area (Å²) < 4.78 is 0. The van der Waals surface area contributed by atoms with E-state index in [-0.39, 0.29) is 0 Å². The molecule has 0 radical (unpaired) electrons. The third kappa shape index (κ3) is 5.98. The van der Waals surface area contributed by atoms with E-state index >= 15 is 0 Å². The predicted molar refractivity (Wildman–Crippen MR) is 86.7 cm³/mol. The Morgan fingerprint density at radius 2 is 1.52 bits per heavy atom. The van der Waals surface area contributed by atoms with Gasteiger partial charge in [-0.25, -0.2) is 0 Å². The quantitative estimate of drug-likeness (QED) is 0.302. The van der Waals surface area contributed by atoms with E-state index in [4.69, 9.17) is 10.4 Å². The van der Waals surface area contributed by atoms with Crippen molar-refractivity contribution >= 4 is 11.4 Å². The molecule has 0 aliphatic carbocycles. The summed E-state index contributed by atoms with van der Waals surface area (Å²) >= 11 is 0. The van der Waals surface area contributed by atoms with Crippen LogP contribution in [0.25, 0.3) is 0 Å². The SMILES string of the molecule is CCCCCCCCc1ccc(C(=NO)C(C)=NO)cc1. The summed E-state index contributed by atoms with van der Waals surface area (Å²) in [5.41, 5.74) is 2.62. The Bertz CT molecular complexity index is 464. The van der Waals surface area contributed by atoms with Crippen molar-refractivity contribution in [3.05, 3.63) is 35.4 Å². The molecule has 0 spiro atoms. The van der Waals surface area contributed by atoms with Crippen LogP contribution in [-0.4, -0.2) is 21.8 Å². The molecule has 0 saturated heterocycles. The van der Waals surface area contributed by atoms with Gasteiger partial charge in [-0.1, -0.05) is 73.6 Å². The lowest BCUT2D eigenvalue weighted by atomic mass is 10.0. The van der Waals surface area contributed by atoms with E-state index in [0.29, 0.717) is 11.4 Å². The smallest absolute Gasteiger partial charge is 0.134 e. The molecule has 1 aromatic carbocycles. The Morgan fingerprint density at radius 3 is 2.10 bits per heavy atom. The van der Waals surface area contributed by atoms with E-state index in [0.717, 1.165) is 12.0 Å². The molecule has 0 aliphatic heterocycles. The number of benzene rings is 1. The fourth-order valence-corrected chi connectivity index (χ4v) is 2.33. The Kier molecular flexibility index (Phi) is 8.17. The Balaban J connectivity index is 2.47. The van der Waals surface area contributed by atoms with Crippen LogP contribution in [0.1, 0.15) is 63.5 Å². The molecule has 0 bridgehead atoms. The zero-order valence-electron chi connectivity index (χ0n) is 13.0. The molecule has 2 N–H and O–H groups in total. The summed E-state index contributed by atoms with van der Waals surface area (Å²) in [5, 5.41) is 24.0. The summed E-state index contributed by atoms with van der Waals surface area (Å²) in [6.07, 6.45) is 8.84. The number of oxime groups is 2. The van der Waals surface area contributed by atoms with Gasteiger partial charge >= 0.3 is 0 Å². The first kappa shape index (κ1) is 17.2. The van der Waals surface area contributed by atoms with Crippen LogP contribution in [0.15, 0.2) is 34.6 Å². The van der Waals surface area contributed by atoms with Crippen molar-refractivity contribution in [3.63, 3.8) is 0 Å².